The minimum atomic E-state index is -4.79. The molecule has 0 saturated carbocycles. The van der Waals surface area contributed by atoms with Crippen molar-refractivity contribution in [2.75, 3.05) is 31.3 Å². The second-order valence-corrected chi connectivity index (χ2v) is 10.2. The number of nitrogen functional groups attached to an aromatic ring is 1. The molecule has 4 heterocycles. The van der Waals surface area contributed by atoms with Crippen molar-refractivity contribution >= 4 is 28.7 Å². The number of rotatable bonds is 4. The quantitative estimate of drug-likeness (QED) is 0.366. The highest BCUT2D eigenvalue weighted by Crippen LogP contribution is 2.43. The molecule has 202 valence electrons. The maximum atomic E-state index is 14.9. The molecule has 5 rings (SSSR count). The zero-order valence-electron chi connectivity index (χ0n) is 20.6. The number of thiophene rings is 1. The summed E-state index contributed by atoms with van der Waals surface area (Å²) < 4.78 is 67.3. The second-order valence-electron chi connectivity index (χ2n) is 9.05. The molecule has 0 radical (unpaired) electrons. The average Bonchev–Trinajstić information content (AvgIpc) is 3.19. The van der Waals surface area contributed by atoms with E-state index in [1.807, 2.05) is 11.0 Å². The molecule has 0 fully saturated rings. The third-order valence-electron chi connectivity index (χ3n) is 6.72. The van der Waals surface area contributed by atoms with Crippen molar-refractivity contribution in [1.29, 1.82) is 0 Å². The zero-order valence-corrected chi connectivity index (χ0v) is 21.4. The highest BCUT2D eigenvalue weighted by atomic mass is 32.1. The molecule has 3 N–H and O–H groups in total. The lowest BCUT2D eigenvalue weighted by Crippen LogP contribution is -2.29. The molecule has 3 aromatic rings. The summed E-state index contributed by atoms with van der Waals surface area (Å²) in [5, 5.41) is 2.64. The van der Waals surface area contributed by atoms with Gasteiger partial charge in [0.1, 0.15) is 5.82 Å². The number of aromatic nitrogens is 2. The number of methoxy groups -OCH3 is 1. The van der Waals surface area contributed by atoms with Crippen LogP contribution >= 0.6 is 11.3 Å². The van der Waals surface area contributed by atoms with E-state index in [9.17, 15) is 22.4 Å². The van der Waals surface area contributed by atoms with Crippen molar-refractivity contribution in [2.45, 2.75) is 44.7 Å². The lowest BCUT2D eigenvalue weighted by molar-refractivity contribution is -0.140. The molecule has 8 nitrogen and oxygen atoms in total. The molecule has 0 bridgehead atoms. The van der Waals surface area contributed by atoms with Gasteiger partial charge in [-0.05, 0) is 36.6 Å². The number of fused-ring (bicyclic) bond motifs is 2. The van der Waals surface area contributed by atoms with Crippen molar-refractivity contribution in [3.05, 3.63) is 61.7 Å². The maximum absolute atomic E-state index is 14.9. The Morgan fingerprint density at radius 1 is 1.32 bits per heavy atom. The lowest BCUT2D eigenvalue weighted by Gasteiger charge is -2.31. The fourth-order valence-electron chi connectivity index (χ4n) is 4.88. The first-order chi connectivity index (χ1) is 18.1. The Labute approximate surface area is 219 Å². The van der Waals surface area contributed by atoms with Crippen LogP contribution in [-0.2, 0) is 36.9 Å². The molecule has 13 heteroatoms. The number of anilines is 2. The van der Waals surface area contributed by atoms with Crippen molar-refractivity contribution in [3.8, 4) is 6.01 Å². The Hall–Kier alpha value is -3.45. The van der Waals surface area contributed by atoms with E-state index in [0.29, 0.717) is 35.0 Å². The lowest BCUT2D eigenvalue weighted by atomic mass is 9.94. The molecule has 0 saturated heterocycles. The number of alkyl halides is 3. The van der Waals surface area contributed by atoms with Crippen LogP contribution in [0.4, 0.5) is 29.1 Å². The van der Waals surface area contributed by atoms with Crippen LogP contribution in [0, 0.1) is 5.82 Å². The van der Waals surface area contributed by atoms with Gasteiger partial charge in [-0.2, -0.15) is 23.1 Å². The van der Waals surface area contributed by atoms with Gasteiger partial charge in [-0.15, -0.1) is 11.3 Å². The van der Waals surface area contributed by atoms with E-state index in [-0.39, 0.29) is 24.9 Å². The zero-order chi connectivity index (χ0) is 27.2. The molecule has 0 spiro atoms. The number of hydrogen-bond acceptors (Lipinski definition) is 8. The number of aryl methyl sites for hydroxylation is 1. The van der Waals surface area contributed by atoms with Gasteiger partial charge in [-0.25, -0.2) is 4.39 Å². The van der Waals surface area contributed by atoms with E-state index >= 15 is 0 Å². The van der Waals surface area contributed by atoms with Crippen LogP contribution in [0.15, 0.2) is 18.2 Å². The number of carbonyl (C=O) groups is 1. The number of halogens is 4. The molecule has 1 atom stereocenters. The van der Waals surface area contributed by atoms with Gasteiger partial charge < -0.3 is 25.4 Å². The van der Waals surface area contributed by atoms with Crippen LogP contribution in [0.25, 0.3) is 0 Å². The first-order valence-electron chi connectivity index (χ1n) is 11.9. The van der Waals surface area contributed by atoms with Gasteiger partial charge in [0.05, 0.1) is 41.6 Å². The Balaban J connectivity index is 1.52. The summed E-state index contributed by atoms with van der Waals surface area (Å²) in [5.74, 6) is -0.768. The van der Waals surface area contributed by atoms with E-state index < -0.39 is 34.9 Å². The SMILES string of the molecule is CNC(=O)c1cc2c(s1)CCCN(c1nc(OC)nc3c1COC(c1c(C(F)(F)F)ccc(N)c1F)C3)C2. The standard InChI is InChI=1S/C25H25F4N5O3S/c1-31-23(35)19-8-12-10-34(7-3-4-18(12)38-19)22-13-11-37-17(9-16(13)32-24(33-22)36-2)20-14(25(27,28)29)5-6-15(30)21(20)26/h5-6,8,17H,3-4,7,9-11,30H2,1-2H3,(H,31,35). The molecule has 1 aromatic carbocycles. The van der Waals surface area contributed by atoms with E-state index in [1.54, 1.807) is 7.05 Å². The van der Waals surface area contributed by atoms with E-state index in [0.717, 1.165) is 35.4 Å². The number of amides is 1. The molecule has 2 aliphatic rings. The summed E-state index contributed by atoms with van der Waals surface area (Å²) in [6, 6.07) is 3.58. The smallest absolute Gasteiger partial charge is 0.416 e. The number of nitrogens with one attached hydrogen (secondary N) is 1. The normalized spacial score (nSPS) is 17.4. The van der Waals surface area contributed by atoms with Crippen LogP contribution in [-0.4, -0.2) is 36.6 Å². The predicted octanol–water partition coefficient (Wildman–Crippen LogP) is 4.41. The van der Waals surface area contributed by atoms with Crippen molar-refractivity contribution in [1.82, 2.24) is 15.3 Å². The van der Waals surface area contributed by atoms with Gasteiger partial charge in [0.25, 0.3) is 5.91 Å². The first kappa shape index (κ1) is 26.2. The number of nitrogens with two attached hydrogens (primary N) is 1. The molecule has 2 aliphatic heterocycles. The Morgan fingerprint density at radius 2 is 2.11 bits per heavy atom. The molecule has 1 amide bonds. The topological polar surface area (TPSA) is 103 Å². The molecule has 0 aliphatic carbocycles. The number of ether oxygens (including phenoxy) is 2. The summed E-state index contributed by atoms with van der Waals surface area (Å²) in [5.41, 5.74) is 5.46. The molecule has 2 aromatic heterocycles. The first-order valence-corrected chi connectivity index (χ1v) is 12.7. The summed E-state index contributed by atoms with van der Waals surface area (Å²) in [6.07, 6.45) is -4.57. The Bertz CT molecular complexity index is 1390. The molecule has 1 unspecified atom stereocenters. The average molecular weight is 552 g/mol. The minimum absolute atomic E-state index is 0.0457. The van der Waals surface area contributed by atoms with Gasteiger partial charge >= 0.3 is 12.2 Å². The third kappa shape index (κ3) is 4.75. The van der Waals surface area contributed by atoms with Crippen molar-refractivity contribution < 1.29 is 31.8 Å². The summed E-state index contributed by atoms with van der Waals surface area (Å²) in [4.78, 5) is 24.9. The van der Waals surface area contributed by atoms with Crippen LogP contribution in [0.5, 0.6) is 6.01 Å². The third-order valence-corrected chi connectivity index (χ3v) is 7.95. The highest BCUT2D eigenvalue weighted by Gasteiger charge is 2.40. The number of nitrogens with zero attached hydrogens (tertiary/aromatic N) is 3. The van der Waals surface area contributed by atoms with Crippen LogP contribution < -0.4 is 20.7 Å². The Kier molecular flexibility index (Phi) is 6.90. The van der Waals surface area contributed by atoms with Crippen LogP contribution in [0.2, 0.25) is 0 Å². The largest absolute Gasteiger partial charge is 0.467 e. The van der Waals surface area contributed by atoms with E-state index in [1.165, 1.54) is 18.4 Å². The van der Waals surface area contributed by atoms with Gasteiger partial charge in [-0.3, -0.25) is 4.79 Å². The molecular weight excluding hydrogens is 526 g/mol. The van der Waals surface area contributed by atoms with Gasteiger partial charge in [0.15, 0.2) is 5.82 Å². The maximum Gasteiger partial charge on any atom is 0.416 e. The summed E-state index contributed by atoms with van der Waals surface area (Å²) in [7, 11) is 2.98. The fraction of sp³-hybridized carbons (Fsp3) is 0.400. The van der Waals surface area contributed by atoms with Crippen molar-refractivity contribution in [2.24, 2.45) is 0 Å². The highest BCUT2D eigenvalue weighted by molar-refractivity contribution is 7.14. The minimum Gasteiger partial charge on any atom is -0.467 e. The molecular formula is C25H25F4N5O3S. The molecule has 38 heavy (non-hydrogen) atoms. The van der Waals surface area contributed by atoms with E-state index in [4.69, 9.17) is 15.2 Å². The Morgan fingerprint density at radius 3 is 2.82 bits per heavy atom. The van der Waals surface area contributed by atoms with E-state index in [2.05, 4.69) is 15.3 Å². The second kappa shape index (κ2) is 10.0. The summed E-state index contributed by atoms with van der Waals surface area (Å²) >= 11 is 1.46. The van der Waals surface area contributed by atoms with Crippen LogP contribution in [0.1, 0.15) is 55.0 Å². The predicted molar refractivity (Wildman–Crippen MR) is 133 cm³/mol. The monoisotopic (exact) mass is 551 g/mol. The van der Waals surface area contributed by atoms with Crippen LogP contribution in [0.3, 0.4) is 0 Å². The van der Waals surface area contributed by atoms with Gasteiger partial charge in [0.2, 0.25) is 0 Å². The number of hydrogen-bond donors (Lipinski definition) is 2. The van der Waals surface area contributed by atoms with Gasteiger partial charge in [-0.1, -0.05) is 0 Å². The van der Waals surface area contributed by atoms with Crippen molar-refractivity contribution in [3.63, 3.8) is 0 Å². The number of benzene rings is 1. The van der Waals surface area contributed by atoms with Gasteiger partial charge in [0, 0.05) is 42.6 Å². The number of carbonyl (C=O) groups excluding carboxylic acids is 1. The summed E-state index contributed by atoms with van der Waals surface area (Å²) in [6.45, 7) is 0.997. The fourth-order valence-corrected chi connectivity index (χ4v) is 6.05.